The van der Waals surface area contributed by atoms with Crippen LogP contribution in [0.2, 0.25) is 0 Å². The lowest BCUT2D eigenvalue weighted by molar-refractivity contribution is 0.0947. The van der Waals surface area contributed by atoms with Gasteiger partial charge in [-0.3, -0.25) is 9.69 Å². The third-order valence-electron chi connectivity index (χ3n) is 6.71. The summed E-state index contributed by atoms with van der Waals surface area (Å²) >= 11 is 1.73. The molecule has 0 saturated carbocycles. The van der Waals surface area contributed by atoms with E-state index in [2.05, 4.69) is 27.2 Å². The molecule has 186 valence electrons. The highest BCUT2D eigenvalue weighted by Gasteiger charge is 2.26. The molecule has 0 atom stereocenters. The van der Waals surface area contributed by atoms with Gasteiger partial charge in [-0.05, 0) is 49.2 Å². The standard InChI is InChI=1S/C25H31N5O3S2/c31-24(20-8-10-21(11-9-20)35(32,33)30-13-4-1-5-14-30)26-12-15-28-16-18-29(19-17-28)25-27-22-6-2-3-7-23(22)34-25/h2-3,6-11H,1,4-5,12-19H2,(H,26,31). The molecule has 2 aromatic carbocycles. The largest absolute Gasteiger partial charge is 0.351 e. The van der Waals surface area contributed by atoms with Crippen LogP contribution in [-0.4, -0.2) is 80.9 Å². The van der Waals surface area contributed by atoms with Gasteiger partial charge in [0.2, 0.25) is 10.0 Å². The van der Waals surface area contributed by atoms with Crippen molar-refractivity contribution in [2.45, 2.75) is 24.2 Å². The number of carbonyl (C=O) groups is 1. The number of piperidine rings is 1. The topological polar surface area (TPSA) is 85.9 Å². The number of carbonyl (C=O) groups excluding carboxylic acids is 1. The van der Waals surface area contributed by atoms with Crippen molar-refractivity contribution < 1.29 is 13.2 Å². The van der Waals surface area contributed by atoms with Crippen molar-refractivity contribution in [3.05, 3.63) is 54.1 Å². The Hall–Kier alpha value is -2.53. The number of hydrogen-bond donors (Lipinski definition) is 1. The molecule has 2 saturated heterocycles. The Balaban J connectivity index is 1.08. The van der Waals surface area contributed by atoms with E-state index >= 15 is 0 Å². The molecule has 3 aromatic rings. The Morgan fingerprint density at radius 3 is 2.34 bits per heavy atom. The summed E-state index contributed by atoms with van der Waals surface area (Å²) < 4.78 is 28.3. The Morgan fingerprint density at radius 1 is 0.914 bits per heavy atom. The molecule has 1 aromatic heterocycles. The first-order valence-corrected chi connectivity index (χ1v) is 14.5. The van der Waals surface area contributed by atoms with Crippen LogP contribution in [0.4, 0.5) is 5.13 Å². The van der Waals surface area contributed by atoms with Crippen molar-refractivity contribution in [2.24, 2.45) is 0 Å². The lowest BCUT2D eigenvalue weighted by Crippen LogP contribution is -2.48. The minimum Gasteiger partial charge on any atom is -0.351 e. The lowest BCUT2D eigenvalue weighted by Gasteiger charge is -2.34. The van der Waals surface area contributed by atoms with Crippen LogP contribution in [0.15, 0.2) is 53.4 Å². The highest BCUT2D eigenvalue weighted by atomic mass is 32.2. The molecule has 0 aliphatic carbocycles. The van der Waals surface area contributed by atoms with Gasteiger partial charge in [0.15, 0.2) is 5.13 Å². The van der Waals surface area contributed by atoms with Gasteiger partial charge in [0.05, 0.1) is 15.1 Å². The average Bonchev–Trinajstić information content (AvgIpc) is 3.34. The first-order valence-electron chi connectivity index (χ1n) is 12.2. The van der Waals surface area contributed by atoms with Gasteiger partial charge in [0, 0.05) is 57.9 Å². The smallest absolute Gasteiger partial charge is 0.251 e. The van der Waals surface area contributed by atoms with E-state index in [9.17, 15) is 13.2 Å². The predicted octanol–water partition coefficient (Wildman–Crippen LogP) is 3.02. The molecule has 3 heterocycles. The highest BCUT2D eigenvalue weighted by Crippen LogP contribution is 2.29. The number of piperazine rings is 1. The maximum Gasteiger partial charge on any atom is 0.251 e. The summed E-state index contributed by atoms with van der Waals surface area (Å²) in [5.41, 5.74) is 1.53. The van der Waals surface area contributed by atoms with E-state index in [0.29, 0.717) is 25.2 Å². The molecule has 0 unspecified atom stereocenters. The third kappa shape index (κ3) is 5.50. The van der Waals surface area contributed by atoms with Crippen LogP contribution in [-0.2, 0) is 10.0 Å². The molecule has 2 aliphatic heterocycles. The minimum absolute atomic E-state index is 0.181. The molecule has 0 bridgehead atoms. The second-order valence-corrected chi connectivity index (χ2v) is 12.0. The molecule has 0 radical (unpaired) electrons. The Labute approximate surface area is 210 Å². The molecule has 35 heavy (non-hydrogen) atoms. The molecule has 8 nitrogen and oxygen atoms in total. The number of rotatable bonds is 7. The number of benzene rings is 2. The number of hydrogen-bond acceptors (Lipinski definition) is 7. The van der Waals surface area contributed by atoms with Crippen LogP contribution in [0.5, 0.6) is 0 Å². The van der Waals surface area contributed by atoms with Gasteiger partial charge >= 0.3 is 0 Å². The molecule has 10 heteroatoms. The van der Waals surface area contributed by atoms with Crippen LogP contribution < -0.4 is 10.2 Å². The van der Waals surface area contributed by atoms with Crippen molar-refractivity contribution in [2.75, 3.05) is 57.3 Å². The number of amides is 1. The van der Waals surface area contributed by atoms with Gasteiger partial charge in [0.1, 0.15) is 0 Å². The van der Waals surface area contributed by atoms with E-state index in [4.69, 9.17) is 4.98 Å². The van der Waals surface area contributed by atoms with E-state index in [1.807, 2.05) is 12.1 Å². The van der Waals surface area contributed by atoms with E-state index in [1.165, 1.54) is 4.70 Å². The average molecular weight is 514 g/mol. The van der Waals surface area contributed by atoms with Gasteiger partial charge in [0.25, 0.3) is 5.91 Å². The second-order valence-electron chi connectivity index (χ2n) is 9.04. The fraction of sp³-hybridized carbons (Fsp3) is 0.440. The van der Waals surface area contributed by atoms with E-state index in [0.717, 1.165) is 62.6 Å². The summed E-state index contributed by atoms with van der Waals surface area (Å²) in [6.45, 7) is 6.15. The molecular weight excluding hydrogens is 482 g/mol. The second kappa shape index (κ2) is 10.6. The van der Waals surface area contributed by atoms with Gasteiger partial charge in [-0.1, -0.05) is 29.9 Å². The van der Waals surface area contributed by atoms with E-state index in [-0.39, 0.29) is 10.8 Å². The van der Waals surface area contributed by atoms with E-state index < -0.39 is 10.0 Å². The zero-order valence-electron chi connectivity index (χ0n) is 19.7. The maximum absolute atomic E-state index is 12.8. The first-order chi connectivity index (χ1) is 17.0. The molecule has 1 amide bonds. The first kappa shape index (κ1) is 24.2. The lowest BCUT2D eigenvalue weighted by atomic mass is 10.2. The van der Waals surface area contributed by atoms with Crippen molar-refractivity contribution >= 4 is 42.6 Å². The number of thiazole rings is 1. The number of anilines is 1. The van der Waals surface area contributed by atoms with Crippen molar-refractivity contribution in [1.29, 1.82) is 0 Å². The number of nitrogens with zero attached hydrogens (tertiary/aromatic N) is 4. The number of nitrogens with one attached hydrogen (secondary N) is 1. The van der Waals surface area contributed by atoms with Crippen LogP contribution in [0.1, 0.15) is 29.6 Å². The fourth-order valence-electron chi connectivity index (χ4n) is 4.62. The Morgan fingerprint density at radius 2 is 1.63 bits per heavy atom. The minimum atomic E-state index is -3.48. The fourth-order valence-corrected chi connectivity index (χ4v) is 7.15. The third-order valence-corrected chi connectivity index (χ3v) is 9.72. The summed E-state index contributed by atoms with van der Waals surface area (Å²) in [5.74, 6) is -0.181. The number of para-hydroxylation sites is 1. The zero-order valence-corrected chi connectivity index (χ0v) is 21.4. The van der Waals surface area contributed by atoms with Gasteiger partial charge in [-0.15, -0.1) is 0 Å². The summed E-state index contributed by atoms with van der Waals surface area (Å²) in [4.78, 5) is 22.3. The van der Waals surface area contributed by atoms with Crippen LogP contribution >= 0.6 is 11.3 Å². The number of fused-ring (bicyclic) bond motifs is 1. The van der Waals surface area contributed by atoms with Crippen molar-refractivity contribution in [1.82, 2.24) is 19.5 Å². The van der Waals surface area contributed by atoms with Crippen LogP contribution in [0, 0.1) is 0 Å². The molecular formula is C25H31N5O3S2. The SMILES string of the molecule is O=C(NCCN1CCN(c2nc3ccccc3s2)CC1)c1ccc(S(=O)(=O)N2CCCCC2)cc1. The summed E-state index contributed by atoms with van der Waals surface area (Å²) in [6, 6.07) is 14.5. The van der Waals surface area contributed by atoms with Crippen molar-refractivity contribution in [3.8, 4) is 0 Å². The van der Waals surface area contributed by atoms with Gasteiger partial charge in [-0.25, -0.2) is 13.4 Å². The summed E-state index contributed by atoms with van der Waals surface area (Å²) in [6.07, 6.45) is 2.87. The monoisotopic (exact) mass is 513 g/mol. The highest BCUT2D eigenvalue weighted by molar-refractivity contribution is 7.89. The van der Waals surface area contributed by atoms with Gasteiger partial charge in [-0.2, -0.15) is 4.31 Å². The van der Waals surface area contributed by atoms with Crippen molar-refractivity contribution in [3.63, 3.8) is 0 Å². The molecule has 5 rings (SSSR count). The normalized spacial score (nSPS) is 18.1. The maximum atomic E-state index is 12.8. The zero-order chi connectivity index (χ0) is 24.3. The molecule has 0 spiro atoms. The Bertz CT molecular complexity index is 1230. The summed E-state index contributed by atoms with van der Waals surface area (Å²) in [5, 5.41) is 4.04. The van der Waals surface area contributed by atoms with Gasteiger partial charge < -0.3 is 10.2 Å². The van der Waals surface area contributed by atoms with Crippen LogP contribution in [0.3, 0.4) is 0 Å². The predicted molar refractivity (Wildman–Crippen MR) is 140 cm³/mol. The molecule has 1 N–H and O–H groups in total. The number of sulfonamides is 1. The number of aromatic nitrogens is 1. The summed E-state index contributed by atoms with van der Waals surface area (Å²) in [7, 11) is -3.48. The van der Waals surface area contributed by atoms with E-state index in [1.54, 1.807) is 39.9 Å². The van der Waals surface area contributed by atoms with Crippen LogP contribution in [0.25, 0.3) is 10.2 Å². The quantitative estimate of drug-likeness (QED) is 0.523. The Kier molecular flexibility index (Phi) is 7.33. The molecule has 2 fully saturated rings. The molecule has 2 aliphatic rings.